The van der Waals surface area contributed by atoms with E-state index in [4.69, 9.17) is 9.47 Å². The Hall–Kier alpha value is -3.14. The van der Waals surface area contributed by atoms with E-state index in [0.717, 1.165) is 10.4 Å². The zero-order chi connectivity index (χ0) is 20.9. The number of ether oxygens (including phenoxy) is 2. The fourth-order valence-electron chi connectivity index (χ4n) is 2.48. The number of carbonyl (C=O) groups is 1. The second kappa shape index (κ2) is 8.70. The van der Waals surface area contributed by atoms with Gasteiger partial charge in [-0.1, -0.05) is 6.07 Å². The molecule has 0 saturated heterocycles. The molecular formula is C18H20N2O7S. The van der Waals surface area contributed by atoms with Gasteiger partial charge in [-0.15, -0.1) is 0 Å². The summed E-state index contributed by atoms with van der Waals surface area (Å²) in [7, 11) is -2.76. The number of hydrogen-bond donors (Lipinski definition) is 0. The highest BCUT2D eigenvalue weighted by molar-refractivity contribution is 7.92. The van der Waals surface area contributed by atoms with Crippen LogP contribution >= 0.6 is 0 Å². The summed E-state index contributed by atoms with van der Waals surface area (Å²) in [5.41, 5.74) is 0.185. The van der Waals surface area contributed by atoms with E-state index in [0.29, 0.717) is 11.3 Å². The molecule has 0 aromatic heterocycles. The molecule has 0 bridgehead atoms. The van der Waals surface area contributed by atoms with Crippen molar-refractivity contribution in [2.45, 2.75) is 18.7 Å². The van der Waals surface area contributed by atoms with Crippen molar-refractivity contribution in [3.63, 3.8) is 0 Å². The van der Waals surface area contributed by atoms with Gasteiger partial charge in [0.15, 0.2) is 0 Å². The lowest BCUT2D eigenvalue weighted by molar-refractivity contribution is -0.384. The zero-order valence-corrected chi connectivity index (χ0v) is 16.4. The summed E-state index contributed by atoms with van der Waals surface area (Å²) in [5, 5.41) is 11.1. The predicted octanol–water partition coefficient (Wildman–Crippen LogP) is 2.67. The Labute approximate surface area is 162 Å². The molecule has 2 rings (SSSR count). The average molecular weight is 408 g/mol. The van der Waals surface area contributed by atoms with Crippen molar-refractivity contribution in [2.24, 2.45) is 0 Å². The minimum Gasteiger partial charge on any atom is -0.497 e. The van der Waals surface area contributed by atoms with Crippen LogP contribution in [0, 0.1) is 17.0 Å². The van der Waals surface area contributed by atoms with Gasteiger partial charge in [0.25, 0.3) is 15.7 Å². The maximum atomic E-state index is 13.2. The molecule has 0 aliphatic rings. The van der Waals surface area contributed by atoms with Gasteiger partial charge in [-0.2, -0.15) is 0 Å². The van der Waals surface area contributed by atoms with Crippen molar-refractivity contribution in [3.05, 3.63) is 58.1 Å². The van der Waals surface area contributed by atoms with Crippen LogP contribution in [0.15, 0.2) is 47.4 Å². The fourth-order valence-corrected chi connectivity index (χ4v) is 3.94. The number of non-ortho nitro benzene ring substituents is 1. The van der Waals surface area contributed by atoms with E-state index in [1.165, 1.54) is 43.5 Å². The molecule has 2 aromatic carbocycles. The van der Waals surface area contributed by atoms with Crippen molar-refractivity contribution in [1.82, 2.24) is 0 Å². The molecule has 10 heteroatoms. The molecule has 0 radical (unpaired) electrons. The third-order valence-electron chi connectivity index (χ3n) is 3.90. The van der Waals surface area contributed by atoms with Gasteiger partial charge in [0.05, 0.1) is 29.2 Å². The van der Waals surface area contributed by atoms with Crippen LogP contribution in [0.5, 0.6) is 5.75 Å². The maximum Gasteiger partial charge on any atom is 0.326 e. The van der Waals surface area contributed by atoms with Gasteiger partial charge in [0, 0.05) is 12.1 Å². The Morgan fingerprint density at radius 3 is 2.36 bits per heavy atom. The highest BCUT2D eigenvalue weighted by atomic mass is 32.2. The molecule has 150 valence electrons. The number of anilines is 1. The molecule has 0 aliphatic carbocycles. The average Bonchev–Trinajstić information content (AvgIpc) is 2.66. The van der Waals surface area contributed by atoms with E-state index in [2.05, 4.69) is 0 Å². The van der Waals surface area contributed by atoms with Crippen molar-refractivity contribution in [1.29, 1.82) is 0 Å². The Morgan fingerprint density at radius 2 is 1.82 bits per heavy atom. The summed E-state index contributed by atoms with van der Waals surface area (Å²) in [5.74, 6) is -0.312. The zero-order valence-electron chi connectivity index (χ0n) is 15.6. The Kier molecular flexibility index (Phi) is 6.57. The Morgan fingerprint density at radius 1 is 1.18 bits per heavy atom. The fraction of sp³-hybridized carbons (Fsp3) is 0.278. The van der Waals surface area contributed by atoms with Crippen LogP contribution in [-0.4, -0.2) is 39.6 Å². The number of rotatable bonds is 8. The lowest BCUT2D eigenvalue weighted by Gasteiger charge is -2.25. The largest absolute Gasteiger partial charge is 0.497 e. The summed E-state index contributed by atoms with van der Waals surface area (Å²) in [6, 6.07) is 9.41. The van der Waals surface area contributed by atoms with Gasteiger partial charge < -0.3 is 9.47 Å². The second-order valence-corrected chi connectivity index (χ2v) is 7.58. The number of nitro groups is 1. The first-order valence-corrected chi connectivity index (χ1v) is 9.72. The first-order chi connectivity index (χ1) is 13.2. The lowest BCUT2D eigenvalue weighted by atomic mass is 10.2. The van der Waals surface area contributed by atoms with Crippen LogP contribution in [0.3, 0.4) is 0 Å². The highest BCUT2D eigenvalue weighted by Gasteiger charge is 2.30. The van der Waals surface area contributed by atoms with Gasteiger partial charge in [0.1, 0.15) is 12.3 Å². The Bertz CT molecular complexity index is 972. The second-order valence-electron chi connectivity index (χ2n) is 5.72. The summed E-state index contributed by atoms with van der Waals surface area (Å²) in [6.45, 7) is 2.65. The number of nitro benzene ring substituents is 1. The molecule has 2 aromatic rings. The molecule has 0 N–H and O–H groups in total. The van der Waals surface area contributed by atoms with E-state index >= 15 is 0 Å². The van der Waals surface area contributed by atoms with Gasteiger partial charge in [-0.05, 0) is 43.7 Å². The minimum atomic E-state index is -4.20. The van der Waals surface area contributed by atoms with Crippen LogP contribution in [0.25, 0.3) is 0 Å². The molecule has 0 spiro atoms. The van der Waals surface area contributed by atoms with Gasteiger partial charge in [0.2, 0.25) is 0 Å². The number of benzene rings is 2. The van der Waals surface area contributed by atoms with Crippen molar-refractivity contribution in [3.8, 4) is 5.75 Å². The molecule has 0 saturated carbocycles. The first kappa shape index (κ1) is 21.2. The van der Waals surface area contributed by atoms with Gasteiger partial charge in [-0.25, -0.2) is 8.42 Å². The summed E-state index contributed by atoms with van der Waals surface area (Å²) in [4.78, 5) is 22.5. The molecule has 0 amide bonds. The van der Waals surface area contributed by atoms with Crippen LogP contribution in [0.1, 0.15) is 12.5 Å². The number of nitrogens with zero attached hydrogens (tertiary/aromatic N) is 2. The highest BCUT2D eigenvalue weighted by Crippen LogP contribution is 2.30. The third kappa shape index (κ3) is 4.58. The van der Waals surface area contributed by atoms with E-state index in [1.807, 2.05) is 0 Å². The monoisotopic (exact) mass is 408 g/mol. The Balaban J connectivity index is 2.60. The van der Waals surface area contributed by atoms with Crippen molar-refractivity contribution < 1.29 is 27.6 Å². The number of esters is 1. The summed E-state index contributed by atoms with van der Waals surface area (Å²) in [6.07, 6.45) is 0. The van der Waals surface area contributed by atoms with Crippen LogP contribution < -0.4 is 9.04 Å². The number of sulfonamides is 1. The number of methoxy groups -OCH3 is 1. The van der Waals surface area contributed by atoms with Crippen molar-refractivity contribution >= 4 is 27.4 Å². The van der Waals surface area contributed by atoms with E-state index in [-0.39, 0.29) is 22.9 Å². The number of aryl methyl sites for hydroxylation is 1. The maximum absolute atomic E-state index is 13.2. The third-order valence-corrected chi connectivity index (χ3v) is 5.67. The molecule has 0 unspecified atom stereocenters. The van der Waals surface area contributed by atoms with Crippen LogP contribution in [0.4, 0.5) is 11.4 Å². The lowest BCUT2D eigenvalue weighted by Crippen LogP contribution is -2.37. The van der Waals surface area contributed by atoms with E-state index in [1.54, 1.807) is 13.8 Å². The summed E-state index contributed by atoms with van der Waals surface area (Å²) < 4.78 is 37.1. The standard InChI is InChI=1S/C18H20N2O7S/c1-4-27-18(21)12-19(17-11-14(20(22)23)6-5-13(17)2)28(24,25)16-9-7-15(26-3)8-10-16/h5-11H,4,12H2,1-3H3. The van der Waals surface area contributed by atoms with Crippen LogP contribution in [0.2, 0.25) is 0 Å². The minimum absolute atomic E-state index is 0.0260. The van der Waals surface area contributed by atoms with Gasteiger partial charge >= 0.3 is 5.97 Å². The van der Waals surface area contributed by atoms with E-state index in [9.17, 15) is 23.3 Å². The topological polar surface area (TPSA) is 116 Å². The van der Waals surface area contributed by atoms with Gasteiger partial charge in [-0.3, -0.25) is 19.2 Å². The molecule has 0 heterocycles. The number of carbonyl (C=O) groups excluding carboxylic acids is 1. The molecule has 0 atom stereocenters. The smallest absolute Gasteiger partial charge is 0.326 e. The van der Waals surface area contributed by atoms with Crippen LogP contribution in [-0.2, 0) is 19.6 Å². The predicted molar refractivity (Wildman–Crippen MR) is 102 cm³/mol. The first-order valence-electron chi connectivity index (χ1n) is 8.28. The molecule has 28 heavy (non-hydrogen) atoms. The number of hydrogen-bond acceptors (Lipinski definition) is 7. The normalized spacial score (nSPS) is 11.0. The molecule has 9 nitrogen and oxygen atoms in total. The molecule has 0 aliphatic heterocycles. The summed E-state index contributed by atoms with van der Waals surface area (Å²) >= 11 is 0. The van der Waals surface area contributed by atoms with E-state index < -0.39 is 27.5 Å². The van der Waals surface area contributed by atoms with Crippen molar-refractivity contribution in [2.75, 3.05) is 24.6 Å². The SMILES string of the molecule is CCOC(=O)CN(c1cc([N+](=O)[O-])ccc1C)S(=O)(=O)c1ccc(OC)cc1. The molecular weight excluding hydrogens is 388 g/mol. The molecule has 0 fully saturated rings. The quantitative estimate of drug-likeness (QED) is 0.374.